The summed E-state index contributed by atoms with van der Waals surface area (Å²) < 4.78 is 29.3. The minimum atomic E-state index is -3.90. The van der Waals surface area contributed by atoms with Gasteiger partial charge in [0.1, 0.15) is 0 Å². The van der Waals surface area contributed by atoms with Gasteiger partial charge in [-0.05, 0) is 19.1 Å². The minimum absolute atomic E-state index is 0.106. The van der Waals surface area contributed by atoms with E-state index in [0.717, 1.165) is 16.4 Å². The number of carboxylic acid groups (broad SMARTS) is 1. The summed E-state index contributed by atoms with van der Waals surface area (Å²) in [6.45, 7) is 1.34. The maximum Gasteiger partial charge on any atom is 0.371 e. The molecule has 2 N–H and O–H groups in total. The first-order chi connectivity index (χ1) is 7.75. The summed E-state index contributed by atoms with van der Waals surface area (Å²) in [5, 5.41) is 17.2. The standard InChI is InChI=1S/C9H13NO6S/c1-6(11)5-10(2)17(14,15)8-4-3-7(16-8)9(12)13/h3-4,6,11H,5H2,1-2H3,(H,12,13). The number of carbonyl (C=O) groups is 1. The topological polar surface area (TPSA) is 108 Å². The Hall–Kier alpha value is -1.38. The number of furan rings is 1. The maximum absolute atomic E-state index is 11.8. The summed E-state index contributed by atoms with van der Waals surface area (Å²) in [4.78, 5) is 10.5. The van der Waals surface area contributed by atoms with Crippen LogP contribution in [0.4, 0.5) is 0 Å². The van der Waals surface area contributed by atoms with E-state index in [1.54, 1.807) is 0 Å². The quantitative estimate of drug-likeness (QED) is 0.772. The van der Waals surface area contributed by atoms with Gasteiger partial charge in [0.2, 0.25) is 10.9 Å². The maximum atomic E-state index is 11.8. The lowest BCUT2D eigenvalue weighted by atomic mass is 10.4. The van der Waals surface area contributed by atoms with Crippen molar-refractivity contribution in [3.63, 3.8) is 0 Å². The van der Waals surface area contributed by atoms with Crippen LogP contribution < -0.4 is 0 Å². The van der Waals surface area contributed by atoms with Gasteiger partial charge in [-0.25, -0.2) is 13.2 Å². The number of aliphatic hydroxyl groups excluding tert-OH is 1. The minimum Gasteiger partial charge on any atom is -0.475 e. The number of hydrogen-bond donors (Lipinski definition) is 2. The molecule has 1 unspecified atom stereocenters. The van der Waals surface area contributed by atoms with E-state index >= 15 is 0 Å². The summed E-state index contributed by atoms with van der Waals surface area (Å²) in [5.74, 6) is -1.79. The second kappa shape index (κ2) is 4.86. The van der Waals surface area contributed by atoms with Crippen LogP contribution in [0.3, 0.4) is 0 Å². The van der Waals surface area contributed by atoms with Gasteiger partial charge in [-0.15, -0.1) is 0 Å². The second-order valence-electron chi connectivity index (χ2n) is 3.56. The van der Waals surface area contributed by atoms with Crippen molar-refractivity contribution in [1.29, 1.82) is 0 Å². The van der Waals surface area contributed by atoms with E-state index in [0.29, 0.717) is 0 Å². The Kier molecular flexibility index (Phi) is 3.91. The molecule has 7 nitrogen and oxygen atoms in total. The molecule has 0 aliphatic rings. The van der Waals surface area contributed by atoms with E-state index in [9.17, 15) is 13.2 Å². The lowest BCUT2D eigenvalue weighted by Crippen LogP contribution is -2.32. The van der Waals surface area contributed by atoms with Gasteiger partial charge in [-0.3, -0.25) is 0 Å². The third-order valence-corrected chi connectivity index (χ3v) is 3.68. The molecular formula is C9H13NO6S. The molecular weight excluding hydrogens is 250 g/mol. The fourth-order valence-electron chi connectivity index (χ4n) is 1.20. The highest BCUT2D eigenvalue weighted by molar-refractivity contribution is 7.89. The van der Waals surface area contributed by atoms with Crippen LogP contribution in [0.25, 0.3) is 0 Å². The molecule has 0 saturated heterocycles. The normalized spacial score (nSPS) is 13.9. The smallest absolute Gasteiger partial charge is 0.371 e. The Morgan fingerprint density at radius 3 is 2.53 bits per heavy atom. The Bertz CT molecular complexity index is 503. The number of sulfonamides is 1. The van der Waals surface area contributed by atoms with Gasteiger partial charge >= 0.3 is 5.97 Å². The lowest BCUT2D eigenvalue weighted by molar-refractivity contribution is 0.0656. The third kappa shape index (κ3) is 3.05. The molecule has 1 aromatic heterocycles. The van der Waals surface area contributed by atoms with E-state index in [2.05, 4.69) is 0 Å². The van der Waals surface area contributed by atoms with Crippen LogP contribution >= 0.6 is 0 Å². The van der Waals surface area contributed by atoms with Gasteiger partial charge in [0.05, 0.1) is 6.10 Å². The number of aliphatic hydroxyl groups is 1. The first-order valence-corrected chi connectivity index (χ1v) is 6.16. The molecule has 0 radical (unpaired) electrons. The predicted molar refractivity (Wildman–Crippen MR) is 57.2 cm³/mol. The van der Waals surface area contributed by atoms with Crippen LogP contribution in [0.5, 0.6) is 0 Å². The first-order valence-electron chi connectivity index (χ1n) is 4.72. The fourth-order valence-corrected chi connectivity index (χ4v) is 2.35. The zero-order chi connectivity index (χ0) is 13.2. The number of rotatable bonds is 5. The molecule has 17 heavy (non-hydrogen) atoms. The van der Waals surface area contributed by atoms with Gasteiger partial charge in [0.15, 0.2) is 0 Å². The molecule has 0 aromatic carbocycles. The number of hydrogen-bond acceptors (Lipinski definition) is 5. The third-order valence-electron chi connectivity index (χ3n) is 1.98. The van der Waals surface area contributed by atoms with Gasteiger partial charge < -0.3 is 14.6 Å². The zero-order valence-electron chi connectivity index (χ0n) is 9.32. The molecule has 8 heteroatoms. The molecule has 0 aliphatic carbocycles. The molecule has 0 spiro atoms. The summed E-state index contributed by atoms with van der Waals surface area (Å²) in [7, 11) is -2.63. The molecule has 1 atom stereocenters. The first kappa shape index (κ1) is 13.7. The largest absolute Gasteiger partial charge is 0.475 e. The number of nitrogens with zero attached hydrogens (tertiary/aromatic N) is 1. The zero-order valence-corrected chi connectivity index (χ0v) is 10.1. The van der Waals surface area contributed by atoms with Gasteiger partial charge in [0, 0.05) is 13.6 Å². The number of likely N-dealkylation sites (N-methyl/N-ethyl adjacent to an activating group) is 1. The molecule has 0 saturated carbocycles. The Balaban J connectivity index is 3.00. The Morgan fingerprint density at radius 2 is 2.12 bits per heavy atom. The highest BCUT2D eigenvalue weighted by atomic mass is 32.2. The van der Waals surface area contributed by atoms with Crippen LogP contribution in [0, 0.1) is 0 Å². The van der Waals surface area contributed by atoms with E-state index in [1.807, 2.05) is 0 Å². The van der Waals surface area contributed by atoms with Crippen molar-refractivity contribution in [2.75, 3.05) is 13.6 Å². The van der Waals surface area contributed by atoms with Gasteiger partial charge in [-0.1, -0.05) is 0 Å². The van der Waals surface area contributed by atoms with Gasteiger partial charge in [-0.2, -0.15) is 4.31 Å². The fraction of sp³-hybridized carbons (Fsp3) is 0.444. The van der Waals surface area contributed by atoms with Crippen molar-refractivity contribution >= 4 is 16.0 Å². The summed E-state index contributed by atoms with van der Waals surface area (Å²) in [6, 6.07) is 2.13. The summed E-state index contributed by atoms with van der Waals surface area (Å²) in [6.07, 6.45) is -0.830. The van der Waals surface area contributed by atoms with E-state index in [1.165, 1.54) is 14.0 Å². The van der Waals surface area contributed by atoms with Crippen molar-refractivity contribution in [3.8, 4) is 0 Å². The van der Waals surface area contributed by atoms with E-state index in [4.69, 9.17) is 14.6 Å². The van der Waals surface area contributed by atoms with Crippen LogP contribution in [0.2, 0.25) is 0 Å². The van der Waals surface area contributed by atoms with Crippen molar-refractivity contribution in [2.24, 2.45) is 0 Å². The summed E-state index contributed by atoms with van der Waals surface area (Å²) in [5.41, 5.74) is 0. The van der Waals surface area contributed by atoms with E-state index < -0.39 is 32.9 Å². The number of carboxylic acids is 1. The average Bonchev–Trinajstić information content (AvgIpc) is 2.65. The van der Waals surface area contributed by atoms with Gasteiger partial charge in [0.25, 0.3) is 10.0 Å². The molecule has 0 fully saturated rings. The second-order valence-corrected chi connectivity index (χ2v) is 5.53. The van der Waals surface area contributed by atoms with E-state index in [-0.39, 0.29) is 6.54 Å². The monoisotopic (exact) mass is 263 g/mol. The van der Waals surface area contributed by atoms with Crippen LogP contribution in [-0.2, 0) is 10.0 Å². The molecule has 1 rings (SSSR count). The highest BCUT2D eigenvalue weighted by Crippen LogP contribution is 2.17. The molecule has 0 aliphatic heterocycles. The molecule has 96 valence electrons. The SMILES string of the molecule is CC(O)CN(C)S(=O)(=O)c1ccc(C(=O)O)o1. The van der Waals surface area contributed by atoms with Crippen LogP contribution in [-0.4, -0.2) is 48.6 Å². The number of aromatic carboxylic acids is 1. The molecule has 1 aromatic rings. The Morgan fingerprint density at radius 1 is 1.53 bits per heavy atom. The molecule has 0 bridgehead atoms. The molecule has 0 amide bonds. The van der Waals surface area contributed by atoms with Crippen molar-refractivity contribution < 1.29 is 27.8 Å². The van der Waals surface area contributed by atoms with Crippen LogP contribution in [0.1, 0.15) is 17.5 Å². The van der Waals surface area contributed by atoms with Crippen molar-refractivity contribution in [3.05, 3.63) is 17.9 Å². The lowest BCUT2D eigenvalue weighted by Gasteiger charge is -2.16. The average molecular weight is 263 g/mol. The highest BCUT2D eigenvalue weighted by Gasteiger charge is 2.26. The summed E-state index contributed by atoms with van der Waals surface area (Å²) >= 11 is 0. The predicted octanol–water partition coefficient (Wildman–Crippen LogP) is -0.0209. The molecule has 1 heterocycles. The van der Waals surface area contributed by atoms with Crippen molar-refractivity contribution in [1.82, 2.24) is 4.31 Å². The van der Waals surface area contributed by atoms with Crippen molar-refractivity contribution in [2.45, 2.75) is 18.1 Å². The Labute approximate surface area is 98.3 Å². The van der Waals surface area contributed by atoms with Crippen LogP contribution in [0.15, 0.2) is 21.6 Å².